The van der Waals surface area contributed by atoms with Gasteiger partial charge in [-0.25, -0.2) is 42.6 Å². The number of aryl methyl sites for hydroxylation is 5. The van der Waals surface area contributed by atoms with Gasteiger partial charge in [0.2, 0.25) is 23.6 Å². The first-order chi connectivity index (χ1) is 58.3. The number of nitrogens with one attached hydrogen (secondary N) is 2. The number of amides is 5. The molecule has 0 bridgehead atoms. The predicted molar refractivity (Wildman–Crippen MR) is 504 cm³/mol. The Hall–Kier alpha value is -11.4. The second kappa shape index (κ2) is 42.1. The highest BCUT2D eigenvalue weighted by Gasteiger charge is 2.27. The van der Waals surface area contributed by atoms with Crippen molar-refractivity contribution < 1.29 is 41.3 Å². The average molecular weight is 1800 g/mol. The van der Waals surface area contributed by atoms with E-state index in [1.807, 2.05) is 207 Å². The third kappa shape index (κ3) is 26.6. The van der Waals surface area contributed by atoms with Gasteiger partial charge in [-0.1, -0.05) is 198 Å². The maximum absolute atomic E-state index is 13.2. The molecule has 0 aliphatic carbocycles. The van der Waals surface area contributed by atoms with Crippen molar-refractivity contribution in [2.45, 2.75) is 116 Å². The van der Waals surface area contributed by atoms with E-state index in [1.54, 1.807) is 106 Å². The van der Waals surface area contributed by atoms with Gasteiger partial charge < -0.3 is 4.74 Å². The fraction of sp³-hybridized carbons (Fsp3) is 0.233. The van der Waals surface area contributed by atoms with Crippen molar-refractivity contribution in [1.29, 1.82) is 4.78 Å². The Morgan fingerprint density at radius 2 is 0.748 bits per heavy atom. The SMILES string of the molecule is C=S(C)(=O)c1sc(N(C)C(=O)Cc2ccc(-c3ccccn3)cc2)nc1C.C=S(N)(=O)c1sc(N(C)C(=O)Cc2ccc(-c3ccccn3)cc2)nc1C.CCc1ccc(CNS(=N)(=O)c2sc(N(C)C(=O)Cc3ccc(-c4ccccn4)cc3)nc2C)cc1.Cc1nc(N(C)C(=O)Cc2ccc(-c3ccccn3)cc2)sc1S(C)=NC(=O)OC(C)(C)C. The molecule has 0 aliphatic heterocycles. The summed E-state index contributed by atoms with van der Waals surface area (Å²) in [6.45, 7) is 14.9. The highest BCUT2D eigenvalue weighted by atomic mass is 32.2. The van der Waals surface area contributed by atoms with Crippen molar-refractivity contribution in [3.63, 3.8) is 0 Å². The topological polar surface area (TPSA) is 336 Å². The summed E-state index contributed by atoms with van der Waals surface area (Å²) in [4.78, 5) is 104. The van der Waals surface area contributed by atoms with Crippen molar-refractivity contribution in [3.05, 3.63) is 275 Å². The van der Waals surface area contributed by atoms with E-state index < -0.39 is 51.5 Å². The highest BCUT2D eigenvalue weighted by molar-refractivity contribution is 8.01. The van der Waals surface area contributed by atoms with Crippen LogP contribution in [0.15, 0.2) is 240 Å². The van der Waals surface area contributed by atoms with E-state index in [9.17, 15) is 36.6 Å². The van der Waals surface area contributed by atoms with Gasteiger partial charge in [0.1, 0.15) is 28.1 Å². The number of benzene rings is 5. The standard InChI is InChI=1S/C27H29N5O2S2.C24H28N4O3S2.C20H21N3O2S2.C19H20N4O2S2/c1-4-20-8-10-22(11-9-20)18-30-36(28,34)26-19(2)31-27(35-26)32(3)25(33)17-21-12-14-23(15-13-21)24-7-5-6-16-29-24;1-16-21(33(6)27-23(30)31-24(2,3)4)32-22(26-16)28(5)20(29)15-17-10-12-18(13-11-17)19-9-7-8-14-25-19;1-14-19(27(3,4)25)26-20(22-14)23(2)18(24)13-15-8-10-16(11-9-15)17-7-5-6-12-21-17;1-13-18(27(3,20)25)26-19(22-13)23(2)17(24)12-14-7-9-15(10-8-14)16-6-4-5-11-21-16/h5-16H,4,17-18H2,1-3H3,(H2,28,30,34);7-14H,15H2,1-6H3;5-12H,3,13H2,1-2,4H3;4-11H,3,12H2,1-2H3,(H2,20,25). The number of nitrogens with two attached hydrogens (primary N) is 1. The Kier molecular flexibility index (Phi) is 32.2. The van der Waals surface area contributed by atoms with Gasteiger partial charge in [-0.05, 0) is 165 Å². The molecule has 5 aromatic carbocycles. The smallest absolute Gasteiger partial charge is 0.440 e. The Labute approximate surface area is 738 Å². The normalized spacial score (nSPS) is 12.8. The van der Waals surface area contributed by atoms with Crippen LogP contribution in [0.1, 0.15) is 83.9 Å². The van der Waals surface area contributed by atoms with Crippen LogP contribution in [0.2, 0.25) is 0 Å². The van der Waals surface area contributed by atoms with Crippen LogP contribution < -0.4 is 29.5 Å². The van der Waals surface area contributed by atoms with Crippen LogP contribution in [-0.2, 0) is 102 Å². The zero-order valence-electron chi connectivity index (χ0n) is 70.8. The summed E-state index contributed by atoms with van der Waals surface area (Å²) in [5.41, 5.74) is 15.2. The van der Waals surface area contributed by atoms with Gasteiger partial charge in [0, 0.05) is 97.6 Å². The minimum Gasteiger partial charge on any atom is -0.442 e. The lowest BCUT2D eigenvalue weighted by Gasteiger charge is -2.17. The first-order valence-corrected chi connectivity index (χ1v) is 48.8. The molecule has 8 aromatic heterocycles. The summed E-state index contributed by atoms with van der Waals surface area (Å²) in [6, 6.07) is 62.1. The van der Waals surface area contributed by atoms with E-state index in [0.29, 0.717) is 56.8 Å². The molecule has 13 aromatic rings. The van der Waals surface area contributed by atoms with E-state index in [0.717, 1.165) is 112 Å². The van der Waals surface area contributed by atoms with E-state index in [-0.39, 0.29) is 49.3 Å². The summed E-state index contributed by atoms with van der Waals surface area (Å²) >= 11 is 4.88. The number of carbonyl (C=O) groups is 5. The van der Waals surface area contributed by atoms with Crippen LogP contribution in [0, 0.1) is 32.5 Å². The lowest BCUT2D eigenvalue weighted by atomic mass is 10.1. The van der Waals surface area contributed by atoms with E-state index >= 15 is 0 Å². The van der Waals surface area contributed by atoms with Crippen LogP contribution in [0.5, 0.6) is 0 Å². The molecule has 4 unspecified atom stereocenters. The summed E-state index contributed by atoms with van der Waals surface area (Å²) < 4.78 is 60.3. The highest BCUT2D eigenvalue weighted by Crippen LogP contribution is 2.35. The zero-order chi connectivity index (χ0) is 89.1. The Morgan fingerprint density at radius 3 is 1.04 bits per heavy atom. The molecule has 25 nitrogen and oxygen atoms in total. The van der Waals surface area contributed by atoms with Crippen LogP contribution in [0.3, 0.4) is 0 Å². The minimum atomic E-state index is -3.27. The van der Waals surface area contributed by atoms with Crippen LogP contribution >= 0.6 is 45.3 Å². The number of rotatable bonds is 24. The average Bonchev–Trinajstić information content (AvgIpc) is 1.68. The number of aromatic nitrogens is 8. The zero-order valence-corrected chi connectivity index (χ0v) is 77.3. The van der Waals surface area contributed by atoms with Crippen molar-refractivity contribution in [2.75, 3.05) is 60.3 Å². The minimum absolute atomic E-state index is 0.0686. The molecule has 8 heterocycles. The van der Waals surface area contributed by atoms with Crippen molar-refractivity contribution in [3.8, 4) is 45.0 Å². The molecule has 33 heteroatoms. The summed E-state index contributed by atoms with van der Waals surface area (Å²) in [5, 5.41) is 7.61. The quantitative estimate of drug-likeness (QED) is 0.0473. The number of pyridine rings is 4. The van der Waals surface area contributed by atoms with Crippen molar-refractivity contribution >= 4 is 147 Å². The molecule has 640 valence electrons. The van der Waals surface area contributed by atoms with Crippen LogP contribution in [0.25, 0.3) is 45.0 Å². The van der Waals surface area contributed by atoms with Gasteiger partial charge >= 0.3 is 6.09 Å². The largest absolute Gasteiger partial charge is 0.442 e. The molecule has 4 atom stereocenters. The van der Waals surface area contributed by atoms with E-state index in [2.05, 4.69) is 67.6 Å². The third-order valence-electron chi connectivity index (χ3n) is 18.4. The molecule has 0 saturated carbocycles. The first-order valence-electron chi connectivity index (χ1n) is 38.5. The first kappa shape index (κ1) is 93.9. The lowest BCUT2D eigenvalue weighted by molar-refractivity contribution is -0.118. The maximum atomic E-state index is 13.2. The number of carbonyl (C=O) groups excluding carboxylic acids is 5. The molecule has 0 aliphatic rings. The summed E-state index contributed by atoms with van der Waals surface area (Å²) in [7, 11) is -2.48. The fourth-order valence-corrected chi connectivity index (χ4v) is 21.3. The van der Waals surface area contributed by atoms with Crippen molar-refractivity contribution in [1.82, 2.24) is 44.6 Å². The van der Waals surface area contributed by atoms with E-state index in [4.69, 9.17) is 14.7 Å². The molecular weight excluding hydrogens is 1710 g/mol. The second-order valence-corrected chi connectivity index (χ2v) is 42.1. The number of hydrogen-bond donors (Lipinski definition) is 3. The van der Waals surface area contributed by atoms with E-state index in [1.165, 1.54) is 42.9 Å². The fourth-order valence-electron chi connectivity index (χ4n) is 11.8. The molecule has 5 amide bonds. The van der Waals surface area contributed by atoms with Crippen LogP contribution in [-0.4, -0.2) is 140 Å². The number of likely N-dealkylation sites (N-methyl/N-ethyl adjacent to an activating group) is 4. The number of nitrogens with zero attached hydrogens (tertiary/aromatic N) is 13. The summed E-state index contributed by atoms with van der Waals surface area (Å²) in [5.74, 6) is 6.80. The molecule has 0 saturated heterocycles. The number of thiazole rings is 4. The Balaban J connectivity index is 0.000000173. The van der Waals surface area contributed by atoms with Gasteiger partial charge in [0.25, 0.3) is 0 Å². The molecule has 13 rings (SSSR count). The van der Waals surface area contributed by atoms with Crippen molar-refractivity contribution in [2.24, 2.45) is 9.50 Å². The molecule has 0 radical (unpaired) electrons. The number of hydrogen-bond acceptors (Lipinski definition) is 22. The van der Waals surface area contributed by atoms with Gasteiger partial charge in [0.05, 0.1) is 85.2 Å². The van der Waals surface area contributed by atoms with Gasteiger partial charge in [-0.3, -0.25) is 68.1 Å². The lowest BCUT2D eigenvalue weighted by Crippen LogP contribution is -2.27. The Morgan fingerprint density at radius 1 is 0.455 bits per heavy atom. The van der Waals surface area contributed by atoms with Gasteiger partial charge in [-0.2, -0.15) is 0 Å². The second-order valence-electron chi connectivity index (χ2n) is 29.5. The van der Waals surface area contributed by atoms with Gasteiger partial charge in [0.15, 0.2) is 20.5 Å². The number of anilines is 4. The molecule has 123 heavy (non-hydrogen) atoms. The third-order valence-corrected chi connectivity index (χ3v) is 31.5. The summed E-state index contributed by atoms with van der Waals surface area (Å²) in [6.07, 6.45) is 11.8. The molecule has 4 N–H and O–H groups in total. The monoisotopic (exact) mass is 1800 g/mol. The Bertz CT molecular complexity index is 6060. The van der Waals surface area contributed by atoms with Crippen LogP contribution in [0.4, 0.5) is 25.3 Å². The number of ether oxygens (including phenoxy) is 1. The molecule has 0 fully saturated rings. The maximum Gasteiger partial charge on any atom is 0.440 e. The predicted octanol–water partition coefficient (Wildman–Crippen LogP) is 16.9. The van der Waals surface area contributed by atoms with Gasteiger partial charge in [-0.15, -0.1) is 4.36 Å². The molecular formula is C90H98N16O9S8. The molecule has 0 spiro atoms.